The average molecular weight is 367 g/mol. The number of hydrogen-bond acceptors (Lipinski definition) is 5. The molecule has 0 saturated carbocycles. The fourth-order valence-electron chi connectivity index (χ4n) is 3.91. The Labute approximate surface area is 154 Å². The lowest BCUT2D eigenvalue weighted by Gasteiger charge is -2.16. The Bertz CT molecular complexity index is 1200. The molecule has 5 rings (SSSR count). The molecule has 1 fully saturated rings. The molecule has 3 atom stereocenters. The zero-order valence-corrected chi connectivity index (χ0v) is 14.6. The molecular weight excluding hydrogens is 350 g/mol. The van der Waals surface area contributed by atoms with E-state index in [2.05, 4.69) is 16.7 Å². The lowest BCUT2D eigenvalue weighted by Crippen LogP contribution is -2.24. The molecule has 3 heterocycles. The summed E-state index contributed by atoms with van der Waals surface area (Å²) in [5, 5.41) is 22.8. The van der Waals surface area contributed by atoms with Crippen LogP contribution in [0, 0.1) is 4.71 Å². The van der Waals surface area contributed by atoms with E-state index in [0.29, 0.717) is 16.7 Å². The number of benzene rings is 2. The molecule has 2 aromatic heterocycles. The Morgan fingerprint density at radius 2 is 1.92 bits per heavy atom. The predicted molar refractivity (Wildman–Crippen MR) is 102 cm³/mol. The second kappa shape index (κ2) is 5.89. The number of aliphatic hydroxyl groups excluding tert-OH is 2. The van der Waals surface area contributed by atoms with Gasteiger partial charge in [0.15, 0.2) is 4.71 Å². The summed E-state index contributed by atoms with van der Waals surface area (Å²) in [7, 11) is 0. The van der Waals surface area contributed by atoms with Crippen LogP contribution in [-0.2, 0) is 4.74 Å². The van der Waals surface area contributed by atoms with Crippen molar-refractivity contribution in [2.75, 3.05) is 6.61 Å². The van der Waals surface area contributed by atoms with E-state index in [-0.39, 0.29) is 12.8 Å². The topological polar surface area (TPSA) is 67.8 Å². The molecule has 6 heteroatoms. The van der Waals surface area contributed by atoms with E-state index in [0.717, 1.165) is 27.2 Å². The van der Waals surface area contributed by atoms with Crippen LogP contribution < -0.4 is 0 Å². The third kappa shape index (κ3) is 2.30. The zero-order chi connectivity index (χ0) is 17.8. The molecular formula is C20H17NO4S. The van der Waals surface area contributed by atoms with Gasteiger partial charge in [-0.1, -0.05) is 18.2 Å². The summed E-state index contributed by atoms with van der Waals surface area (Å²) < 4.78 is 14.2. The van der Waals surface area contributed by atoms with Gasteiger partial charge in [-0.05, 0) is 36.5 Å². The van der Waals surface area contributed by atoms with Gasteiger partial charge < -0.3 is 23.9 Å². The summed E-state index contributed by atoms with van der Waals surface area (Å²) in [6, 6.07) is 15.9. The Morgan fingerprint density at radius 1 is 1.08 bits per heavy atom. The first-order chi connectivity index (χ1) is 12.7. The van der Waals surface area contributed by atoms with E-state index in [9.17, 15) is 10.2 Å². The standard InChI is InChI=1S/C20H17NO4S/c22-10-18-16(23)9-19(24-18)21-14-4-2-1-3-12(14)13-7-11-5-6-20(26)25-17(11)8-15(13)21/h1-8,16,18-19,22-23H,9-10H2/t16?,18-,19-/m1/s1. The number of ether oxygens (including phenoxy) is 1. The summed E-state index contributed by atoms with van der Waals surface area (Å²) in [5.74, 6) is 0. The largest absolute Gasteiger partial charge is 0.445 e. The van der Waals surface area contributed by atoms with Crippen LogP contribution >= 0.6 is 12.2 Å². The van der Waals surface area contributed by atoms with Gasteiger partial charge in [0.05, 0.1) is 23.7 Å². The van der Waals surface area contributed by atoms with Crippen LogP contribution in [0.15, 0.2) is 52.9 Å². The summed E-state index contributed by atoms with van der Waals surface area (Å²) in [4.78, 5) is 0. The number of para-hydroxylation sites is 1. The highest BCUT2D eigenvalue weighted by Crippen LogP contribution is 2.39. The minimum absolute atomic E-state index is 0.202. The van der Waals surface area contributed by atoms with Gasteiger partial charge >= 0.3 is 0 Å². The van der Waals surface area contributed by atoms with Crippen molar-refractivity contribution in [1.82, 2.24) is 4.57 Å². The average Bonchev–Trinajstić information content (AvgIpc) is 3.16. The van der Waals surface area contributed by atoms with Crippen molar-refractivity contribution >= 4 is 45.0 Å². The van der Waals surface area contributed by atoms with Gasteiger partial charge in [0.1, 0.15) is 17.9 Å². The fraction of sp³-hybridized carbons (Fsp3) is 0.250. The maximum Gasteiger partial charge on any atom is 0.190 e. The number of aromatic nitrogens is 1. The van der Waals surface area contributed by atoms with E-state index in [4.69, 9.17) is 21.4 Å². The molecule has 5 nitrogen and oxygen atoms in total. The number of fused-ring (bicyclic) bond motifs is 4. The van der Waals surface area contributed by atoms with Crippen molar-refractivity contribution < 1.29 is 19.4 Å². The van der Waals surface area contributed by atoms with Crippen molar-refractivity contribution in [1.29, 1.82) is 0 Å². The number of hydrogen-bond donors (Lipinski definition) is 2. The highest BCUT2D eigenvalue weighted by molar-refractivity contribution is 7.71. The highest BCUT2D eigenvalue weighted by atomic mass is 32.1. The summed E-state index contributed by atoms with van der Waals surface area (Å²) in [5.41, 5.74) is 2.69. The molecule has 26 heavy (non-hydrogen) atoms. The monoisotopic (exact) mass is 367 g/mol. The van der Waals surface area contributed by atoms with E-state index >= 15 is 0 Å². The van der Waals surface area contributed by atoms with Gasteiger partial charge in [0, 0.05) is 28.6 Å². The molecule has 132 valence electrons. The van der Waals surface area contributed by atoms with E-state index in [1.807, 2.05) is 30.3 Å². The zero-order valence-electron chi connectivity index (χ0n) is 13.8. The molecule has 0 bridgehead atoms. The highest BCUT2D eigenvalue weighted by Gasteiger charge is 2.35. The number of rotatable bonds is 2. The van der Waals surface area contributed by atoms with E-state index in [1.54, 1.807) is 6.07 Å². The minimum atomic E-state index is -0.689. The van der Waals surface area contributed by atoms with Crippen molar-refractivity contribution in [3.8, 4) is 0 Å². The van der Waals surface area contributed by atoms with Crippen molar-refractivity contribution in [2.45, 2.75) is 24.9 Å². The molecule has 0 spiro atoms. The first kappa shape index (κ1) is 16.0. The molecule has 1 aliphatic heterocycles. The van der Waals surface area contributed by atoms with Crippen LogP contribution in [0.2, 0.25) is 0 Å². The predicted octanol–water partition coefficient (Wildman–Crippen LogP) is 3.91. The third-order valence-electron chi connectivity index (χ3n) is 5.12. The van der Waals surface area contributed by atoms with Gasteiger partial charge in [-0.3, -0.25) is 0 Å². The van der Waals surface area contributed by atoms with Crippen LogP contribution in [0.1, 0.15) is 12.6 Å². The maximum atomic E-state index is 10.2. The molecule has 2 aromatic carbocycles. The van der Waals surface area contributed by atoms with E-state index < -0.39 is 12.2 Å². The van der Waals surface area contributed by atoms with Crippen LogP contribution in [0.25, 0.3) is 32.8 Å². The second-order valence-corrected chi connectivity index (χ2v) is 7.07. The van der Waals surface area contributed by atoms with Crippen molar-refractivity contribution in [3.05, 3.63) is 53.2 Å². The van der Waals surface area contributed by atoms with Crippen LogP contribution in [0.5, 0.6) is 0 Å². The van der Waals surface area contributed by atoms with Gasteiger partial charge in [-0.25, -0.2) is 0 Å². The Morgan fingerprint density at radius 3 is 2.73 bits per heavy atom. The first-order valence-electron chi connectivity index (χ1n) is 8.56. The second-order valence-electron chi connectivity index (χ2n) is 6.66. The SMILES string of the molecule is OC[C@H]1O[C@@H](n2c3ccccc3c3cc4ccc(=S)oc4cc32)CC1O. The van der Waals surface area contributed by atoms with Crippen molar-refractivity contribution in [3.63, 3.8) is 0 Å². The molecule has 0 radical (unpaired) electrons. The molecule has 0 amide bonds. The number of nitrogens with zero attached hydrogens (tertiary/aromatic N) is 1. The quantitative estimate of drug-likeness (QED) is 0.526. The van der Waals surface area contributed by atoms with Gasteiger partial charge in [-0.15, -0.1) is 0 Å². The van der Waals surface area contributed by atoms with E-state index in [1.165, 1.54) is 0 Å². The normalized spacial score (nSPS) is 23.4. The lowest BCUT2D eigenvalue weighted by molar-refractivity contribution is -0.0416. The summed E-state index contributed by atoms with van der Waals surface area (Å²) in [6.07, 6.45) is -1.19. The Balaban J connectivity index is 1.83. The minimum Gasteiger partial charge on any atom is -0.445 e. The molecule has 1 aliphatic rings. The Kier molecular flexibility index (Phi) is 3.62. The summed E-state index contributed by atoms with van der Waals surface area (Å²) in [6.45, 7) is -0.202. The van der Waals surface area contributed by atoms with Crippen molar-refractivity contribution in [2.24, 2.45) is 0 Å². The molecule has 0 aliphatic carbocycles. The fourth-order valence-corrected chi connectivity index (χ4v) is 4.07. The third-order valence-corrected chi connectivity index (χ3v) is 5.34. The van der Waals surface area contributed by atoms with Gasteiger partial charge in [0.2, 0.25) is 0 Å². The van der Waals surface area contributed by atoms with Crippen LogP contribution in [0.4, 0.5) is 0 Å². The van der Waals surface area contributed by atoms with Crippen LogP contribution in [-0.4, -0.2) is 33.6 Å². The molecule has 1 saturated heterocycles. The lowest BCUT2D eigenvalue weighted by atomic mass is 10.1. The summed E-state index contributed by atoms with van der Waals surface area (Å²) >= 11 is 5.15. The maximum absolute atomic E-state index is 10.2. The van der Waals surface area contributed by atoms with Crippen LogP contribution in [0.3, 0.4) is 0 Å². The smallest absolute Gasteiger partial charge is 0.190 e. The molecule has 1 unspecified atom stereocenters. The number of aliphatic hydroxyl groups is 2. The van der Waals surface area contributed by atoms with Gasteiger partial charge in [0.25, 0.3) is 0 Å². The molecule has 4 aromatic rings. The Hall–Kier alpha value is -2.25. The first-order valence-corrected chi connectivity index (χ1v) is 8.97. The molecule has 2 N–H and O–H groups in total. The van der Waals surface area contributed by atoms with Gasteiger partial charge in [-0.2, -0.15) is 0 Å².